The van der Waals surface area contributed by atoms with Crippen LogP contribution in [0.25, 0.3) is 0 Å². The fourth-order valence-corrected chi connectivity index (χ4v) is 1.64. The van der Waals surface area contributed by atoms with E-state index in [-0.39, 0.29) is 0 Å². The predicted octanol–water partition coefficient (Wildman–Crippen LogP) is 1.68. The molecule has 1 heterocycles. The minimum atomic E-state index is 0.521. The molecule has 0 amide bonds. The maximum Gasteiger partial charge on any atom is 0.186 e. The third-order valence-corrected chi connectivity index (χ3v) is 2.38. The fourth-order valence-electron chi connectivity index (χ4n) is 1.64. The highest BCUT2D eigenvalue weighted by molar-refractivity contribution is 5.30. The summed E-state index contributed by atoms with van der Waals surface area (Å²) in [5.41, 5.74) is 1.58. The Kier molecular flexibility index (Phi) is 2.24. The van der Waals surface area contributed by atoms with Crippen LogP contribution < -0.4 is 0 Å². The second-order valence-electron chi connectivity index (χ2n) is 4.29. The second kappa shape index (κ2) is 3.41. The van der Waals surface area contributed by atoms with Crippen LogP contribution in [0.3, 0.4) is 0 Å². The Labute approximate surface area is 83.5 Å². The van der Waals surface area contributed by atoms with Gasteiger partial charge in [0.1, 0.15) is 6.07 Å². The maximum absolute atomic E-state index is 8.88. The molecule has 0 aliphatic heterocycles. The number of aromatic nitrogens is 3. The highest BCUT2D eigenvalue weighted by atomic mass is 15.4. The molecule has 0 aromatic carbocycles. The molecule has 0 spiro atoms. The van der Waals surface area contributed by atoms with Gasteiger partial charge in [-0.25, -0.2) is 4.68 Å². The van der Waals surface area contributed by atoms with Crippen LogP contribution in [0, 0.1) is 17.2 Å². The van der Waals surface area contributed by atoms with E-state index in [2.05, 4.69) is 30.2 Å². The van der Waals surface area contributed by atoms with Crippen LogP contribution in [0.4, 0.5) is 0 Å². The molecular formula is C10H14N4. The Morgan fingerprint density at radius 2 is 2.29 bits per heavy atom. The number of hydrogen-bond acceptors (Lipinski definition) is 3. The maximum atomic E-state index is 8.88. The second-order valence-corrected chi connectivity index (χ2v) is 4.29. The first-order valence-corrected chi connectivity index (χ1v) is 5.06. The Hall–Kier alpha value is -1.37. The molecule has 1 aliphatic carbocycles. The molecule has 1 aromatic rings. The quantitative estimate of drug-likeness (QED) is 0.728. The number of rotatable bonds is 3. The van der Waals surface area contributed by atoms with E-state index in [9.17, 15) is 0 Å². The third-order valence-electron chi connectivity index (χ3n) is 2.38. The van der Waals surface area contributed by atoms with Gasteiger partial charge in [-0.3, -0.25) is 0 Å². The molecular weight excluding hydrogens is 176 g/mol. The molecule has 0 bridgehead atoms. The molecule has 0 radical (unpaired) electrons. The van der Waals surface area contributed by atoms with Crippen molar-refractivity contribution in [2.45, 2.75) is 39.2 Å². The first-order valence-electron chi connectivity index (χ1n) is 5.06. The summed E-state index contributed by atoms with van der Waals surface area (Å²) in [4.78, 5) is 0. The van der Waals surface area contributed by atoms with Gasteiger partial charge in [0.2, 0.25) is 0 Å². The SMILES string of the molecule is CC(C)Cn1nnc(C#N)c1C1CC1. The van der Waals surface area contributed by atoms with E-state index < -0.39 is 0 Å². The van der Waals surface area contributed by atoms with Crippen LogP contribution in [0.5, 0.6) is 0 Å². The zero-order chi connectivity index (χ0) is 10.1. The van der Waals surface area contributed by atoms with E-state index in [0.717, 1.165) is 12.2 Å². The molecule has 2 rings (SSSR count). The lowest BCUT2D eigenvalue weighted by molar-refractivity contribution is 0.459. The van der Waals surface area contributed by atoms with E-state index in [4.69, 9.17) is 5.26 Å². The standard InChI is InChI=1S/C10H14N4/c1-7(2)6-14-10(8-3-4-8)9(5-11)12-13-14/h7-8H,3-4,6H2,1-2H3. The van der Waals surface area contributed by atoms with Gasteiger partial charge in [-0.2, -0.15) is 5.26 Å². The average molecular weight is 190 g/mol. The van der Waals surface area contributed by atoms with Crippen LogP contribution in [-0.4, -0.2) is 15.0 Å². The molecule has 4 heteroatoms. The smallest absolute Gasteiger partial charge is 0.186 e. The zero-order valence-electron chi connectivity index (χ0n) is 8.56. The van der Waals surface area contributed by atoms with Crippen molar-refractivity contribution in [3.63, 3.8) is 0 Å². The summed E-state index contributed by atoms with van der Waals surface area (Å²) >= 11 is 0. The lowest BCUT2D eigenvalue weighted by Gasteiger charge is -2.07. The Morgan fingerprint density at radius 1 is 1.57 bits per heavy atom. The van der Waals surface area contributed by atoms with Gasteiger partial charge < -0.3 is 0 Å². The summed E-state index contributed by atoms with van der Waals surface area (Å²) in [6.45, 7) is 5.15. The molecule has 0 saturated heterocycles. The Balaban J connectivity index is 2.30. The van der Waals surface area contributed by atoms with Crippen LogP contribution in [-0.2, 0) is 6.54 Å². The van der Waals surface area contributed by atoms with Crippen LogP contribution in [0.15, 0.2) is 0 Å². The summed E-state index contributed by atoms with van der Waals surface area (Å²) < 4.78 is 1.90. The largest absolute Gasteiger partial charge is 0.247 e. The summed E-state index contributed by atoms with van der Waals surface area (Å²) in [5.74, 6) is 1.08. The van der Waals surface area contributed by atoms with Crippen molar-refractivity contribution in [2.24, 2.45) is 5.92 Å². The summed E-state index contributed by atoms with van der Waals surface area (Å²) in [5, 5.41) is 16.8. The van der Waals surface area contributed by atoms with Gasteiger partial charge in [0.25, 0.3) is 0 Å². The zero-order valence-corrected chi connectivity index (χ0v) is 8.56. The Morgan fingerprint density at radius 3 is 2.79 bits per heavy atom. The summed E-state index contributed by atoms with van der Waals surface area (Å²) in [7, 11) is 0. The van der Waals surface area contributed by atoms with E-state index in [1.807, 2.05) is 4.68 Å². The molecule has 0 N–H and O–H groups in total. The minimum absolute atomic E-state index is 0.521. The van der Waals surface area contributed by atoms with E-state index in [1.165, 1.54) is 12.8 Å². The first kappa shape index (κ1) is 9.20. The molecule has 0 unspecified atom stereocenters. The van der Waals surface area contributed by atoms with Gasteiger partial charge in [0.05, 0.1) is 5.69 Å². The lowest BCUT2D eigenvalue weighted by Crippen LogP contribution is -2.09. The number of nitriles is 1. The molecule has 14 heavy (non-hydrogen) atoms. The molecule has 1 fully saturated rings. The number of hydrogen-bond donors (Lipinski definition) is 0. The monoisotopic (exact) mass is 190 g/mol. The molecule has 74 valence electrons. The molecule has 1 aliphatic rings. The molecule has 1 aromatic heterocycles. The predicted molar refractivity (Wildman–Crippen MR) is 51.6 cm³/mol. The van der Waals surface area contributed by atoms with E-state index >= 15 is 0 Å². The third kappa shape index (κ3) is 1.63. The normalized spacial score (nSPS) is 15.9. The van der Waals surface area contributed by atoms with Crippen molar-refractivity contribution in [3.8, 4) is 6.07 Å². The summed E-state index contributed by atoms with van der Waals surface area (Å²) in [6, 6.07) is 2.12. The van der Waals surface area contributed by atoms with Gasteiger partial charge in [0, 0.05) is 12.5 Å². The van der Waals surface area contributed by atoms with E-state index in [1.54, 1.807) is 0 Å². The highest BCUT2D eigenvalue weighted by Gasteiger charge is 2.31. The highest BCUT2D eigenvalue weighted by Crippen LogP contribution is 2.41. The van der Waals surface area contributed by atoms with Crippen molar-refractivity contribution in [2.75, 3.05) is 0 Å². The van der Waals surface area contributed by atoms with Crippen LogP contribution in [0.2, 0.25) is 0 Å². The van der Waals surface area contributed by atoms with Crippen molar-refractivity contribution >= 4 is 0 Å². The van der Waals surface area contributed by atoms with Crippen LogP contribution >= 0.6 is 0 Å². The van der Waals surface area contributed by atoms with E-state index in [0.29, 0.717) is 17.5 Å². The molecule has 4 nitrogen and oxygen atoms in total. The molecule has 0 atom stereocenters. The van der Waals surface area contributed by atoms with Gasteiger partial charge in [-0.15, -0.1) is 5.10 Å². The van der Waals surface area contributed by atoms with Crippen molar-refractivity contribution in [1.82, 2.24) is 15.0 Å². The van der Waals surface area contributed by atoms with Crippen molar-refractivity contribution in [1.29, 1.82) is 5.26 Å². The van der Waals surface area contributed by atoms with Gasteiger partial charge in [-0.05, 0) is 18.8 Å². The topological polar surface area (TPSA) is 54.5 Å². The Bertz CT molecular complexity index is 368. The summed E-state index contributed by atoms with van der Waals surface area (Å²) in [6.07, 6.45) is 2.36. The van der Waals surface area contributed by atoms with Gasteiger partial charge in [0.15, 0.2) is 5.69 Å². The number of nitrogens with zero attached hydrogens (tertiary/aromatic N) is 4. The fraction of sp³-hybridized carbons (Fsp3) is 0.700. The van der Waals surface area contributed by atoms with Gasteiger partial charge >= 0.3 is 0 Å². The van der Waals surface area contributed by atoms with Crippen LogP contribution in [0.1, 0.15) is 44.0 Å². The van der Waals surface area contributed by atoms with Crippen molar-refractivity contribution in [3.05, 3.63) is 11.4 Å². The van der Waals surface area contributed by atoms with Gasteiger partial charge in [-0.1, -0.05) is 19.1 Å². The molecule has 1 saturated carbocycles. The average Bonchev–Trinajstić information content (AvgIpc) is 2.88. The lowest BCUT2D eigenvalue weighted by atomic mass is 10.2. The first-order chi connectivity index (χ1) is 6.72. The van der Waals surface area contributed by atoms with Crippen molar-refractivity contribution < 1.29 is 0 Å². The minimum Gasteiger partial charge on any atom is -0.247 e.